The van der Waals surface area contributed by atoms with Crippen molar-refractivity contribution >= 4 is 0 Å². The molecule has 0 aromatic heterocycles. The molecule has 1 aromatic carbocycles. The van der Waals surface area contributed by atoms with Gasteiger partial charge in [-0.1, -0.05) is 18.2 Å². The summed E-state index contributed by atoms with van der Waals surface area (Å²) < 4.78 is 25.3. The molecule has 0 spiro atoms. The van der Waals surface area contributed by atoms with Gasteiger partial charge in [-0.05, 0) is 39.7 Å². The molecule has 1 fully saturated rings. The van der Waals surface area contributed by atoms with Crippen LogP contribution >= 0.6 is 0 Å². The topological polar surface area (TPSA) is 41.9 Å². The van der Waals surface area contributed by atoms with E-state index in [1.807, 2.05) is 26.8 Å². The normalized spacial score (nSPS) is 19.8. The average molecular weight is 339 g/mol. The van der Waals surface area contributed by atoms with Crippen LogP contribution < -0.4 is 0 Å². The van der Waals surface area contributed by atoms with E-state index < -0.39 is 6.10 Å². The predicted molar refractivity (Wildman–Crippen MR) is 92.4 cm³/mol. The molecule has 1 aliphatic heterocycles. The third-order valence-electron chi connectivity index (χ3n) is 4.02. The molecule has 0 saturated carbocycles. The van der Waals surface area contributed by atoms with Gasteiger partial charge in [0.05, 0.1) is 24.4 Å². The first kappa shape index (κ1) is 19.3. The third-order valence-corrected chi connectivity index (χ3v) is 4.02. The molecule has 5 heteroatoms. The van der Waals surface area contributed by atoms with Crippen LogP contribution in [0, 0.1) is 5.82 Å². The Balaban J connectivity index is 1.95. The average Bonchev–Trinajstić information content (AvgIpc) is 3.00. The lowest BCUT2D eigenvalue weighted by atomic mass is 10.1. The van der Waals surface area contributed by atoms with E-state index in [9.17, 15) is 9.50 Å². The van der Waals surface area contributed by atoms with Gasteiger partial charge in [-0.25, -0.2) is 4.39 Å². The summed E-state index contributed by atoms with van der Waals surface area (Å²) in [4.78, 5) is 2.06. The van der Waals surface area contributed by atoms with E-state index in [1.165, 1.54) is 6.07 Å². The Kier molecular flexibility index (Phi) is 7.16. The number of hydrogen-bond donors (Lipinski definition) is 1. The van der Waals surface area contributed by atoms with Crippen molar-refractivity contribution in [2.45, 2.75) is 58.0 Å². The maximum Gasteiger partial charge on any atom is 0.127 e. The molecular formula is C19H30FNO3. The molecule has 0 amide bonds. The van der Waals surface area contributed by atoms with Crippen molar-refractivity contribution in [3.63, 3.8) is 0 Å². The lowest BCUT2D eigenvalue weighted by Crippen LogP contribution is -2.40. The monoisotopic (exact) mass is 339 g/mol. The van der Waals surface area contributed by atoms with Crippen LogP contribution in [0.2, 0.25) is 0 Å². The quantitative estimate of drug-likeness (QED) is 0.791. The number of benzene rings is 1. The maximum absolute atomic E-state index is 14.0. The van der Waals surface area contributed by atoms with E-state index in [-0.39, 0.29) is 24.1 Å². The Morgan fingerprint density at radius 1 is 1.38 bits per heavy atom. The molecule has 1 N–H and O–H groups in total. The van der Waals surface area contributed by atoms with Crippen molar-refractivity contribution in [3.05, 3.63) is 35.6 Å². The molecule has 2 atom stereocenters. The first-order valence-electron chi connectivity index (χ1n) is 8.73. The SMILES string of the molecule is CC(C)(C)OC[C@@H](O)CN(Cc1ccccc1F)C[C@@H]1CCCO1. The lowest BCUT2D eigenvalue weighted by molar-refractivity contribution is -0.0595. The number of hydrogen-bond acceptors (Lipinski definition) is 4. The zero-order valence-corrected chi connectivity index (χ0v) is 15.0. The Morgan fingerprint density at radius 2 is 2.12 bits per heavy atom. The fourth-order valence-electron chi connectivity index (χ4n) is 2.84. The Labute approximate surface area is 144 Å². The van der Waals surface area contributed by atoms with Gasteiger partial charge in [0, 0.05) is 31.8 Å². The van der Waals surface area contributed by atoms with Gasteiger partial charge < -0.3 is 14.6 Å². The molecule has 0 aliphatic carbocycles. The molecule has 24 heavy (non-hydrogen) atoms. The van der Waals surface area contributed by atoms with Gasteiger partial charge >= 0.3 is 0 Å². The molecule has 1 heterocycles. The highest BCUT2D eigenvalue weighted by atomic mass is 19.1. The number of ether oxygens (including phenoxy) is 2. The minimum absolute atomic E-state index is 0.160. The second-order valence-electron chi connectivity index (χ2n) is 7.50. The standard InChI is InChI=1S/C19H30FNO3/c1-19(2,3)24-14-16(22)12-21(13-17-8-6-10-23-17)11-15-7-4-5-9-18(15)20/h4-5,7,9,16-17,22H,6,8,10-14H2,1-3H3/t16-,17-/m0/s1. The molecule has 0 bridgehead atoms. The van der Waals surface area contributed by atoms with E-state index in [0.717, 1.165) is 19.4 Å². The summed E-state index contributed by atoms with van der Waals surface area (Å²) in [7, 11) is 0. The first-order chi connectivity index (χ1) is 11.3. The van der Waals surface area contributed by atoms with E-state index in [1.54, 1.807) is 12.1 Å². The van der Waals surface area contributed by atoms with Crippen LogP contribution in [0.3, 0.4) is 0 Å². The lowest BCUT2D eigenvalue weighted by Gasteiger charge is -2.29. The van der Waals surface area contributed by atoms with E-state index >= 15 is 0 Å². The van der Waals surface area contributed by atoms with Crippen LogP contribution in [-0.4, -0.2) is 54.1 Å². The summed E-state index contributed by atoms with van der Waals surface area (Å²) in [5.74, 6) is -0.213. The highest BCUT2D eigenvalue weighted by Gasteiger charge is 2.23. The van der Waals surface area contributed by atoms with Crippen LogP contribution in [0.15, 0.2) is 24.3 Å². The van der Waals surface area contributed by atoms with E-state index in [0.29, 0.717) is 25.2 Å². The van der Waals surface area contributed by atoms with Gasteiger partial charge in [0.1, 0.15) is 5.82 Å². The third kappa shape index (κ3) is 6.85. The van der Waals surface area contributed by atoms with Crippen LogP contribution in [0.4, 0.5) is 4.39 Å². The van der Waals surface area contributed by atoms with E-state index in [4.69, 9.17) is 9.47 Å². The molecule has 0 unspecified atom stereocenters. The summed E-state index contributed by atoms with van der Waals surface area (Å²) in [6, 6.07) is 6.78. The Bertz CT molecular complexity index is 498. The summed E-state index contributed by atoms with van der Waals surface area (Å²) in [5, 5.41) is 10.3. The number of rotatable bonds is 8. The van der Waals surface area contributed by atoms with Crippen molar-refractivity contribution in [1.82, 2.24) is 4.90 Å². The van der Waals surface area contributed by atoms with E-state index in [2.05, 4.69) is 4.90 Å². The smallest absolute Gasteiger partial charge is 0.127 e. The summed E-state index contributed by atoms with van der Waals surface area (Å²) in [5.41, 5.74) is 0.353. The van der Waals surface area contributed by atoms with Gasteiger partial charge in [0.2, 0.25) is 0 Å². The predicted octanol–water partition coefficient (Wildman–Crippen LogP) is 2.98. The van der Waals surface area contributed by atoms with Gasteiger partial charge in [-0.15, -0.1) is 0 Å². The maximum atomic E-state index is 14.0. The van der Waals surface area contributed by atoms with Crippen molar-refractivity contribution < 1.29 is 19.0 Å². The largest absolute Gasteiger partial charge is 0.389 e. The minimum atomic E-state index is -0.614. The fourth-order valence-corrected chi connectivity index (χ4v) is 2.84. The van der Waals surface area contributed by atoms with Crippen LogP contribution in [-0.2, 0) is 16.0 Å². The van der Waals surface area contributed by atoms with Crippen LogP contribution in [0.1, 0.15) is 39.2 Å². The minimum Gasteiger partial charge on any atom is -0.389 e. The second-order valence-corrected chi connectivity index (χ2v) is 7.50. The molecular weight excluding hydrogens is 309 g/mol. The molecule has 1 aromatic rings. The van der Waals surface area contributed by atoms with Crippen molar-refractivity contribution in [3.8, 4) is 0 Å². The second kappa shape index (κ2) is 8.90. The first-order valence-corrected chi connectivity index (χ1v) is 8.73. The highest BCUT2D eigenvalue weighted by Crippen LogP contribution is 2.17. The zero-order valence-electron chi connectivity index (χ0n) is 15.0. The summed E-state index contributed by atoms with van der Waals surface area (Å²) >= 11 is 0. The Hall–Kier alpha value is -1.01. The molecule has 1 saturated heterocycles. The molecule has 4 nitrogen and oxygen atoms in total. The number of aliphatic hydroxyl groups excluding tert-OH is 1. The van der Waals surface area contributed by atoms with Gasteiger partial charge in [-0.3, -0.25) is 4.90 Å². The van der Waals surface area contributed by atoms with Crippen LogP contribution in [0.25, 0.3) is 0 Å². The van der Waals surface area contributed by atoms with Crippen LogP contribution in [0.5, 0.6) is 0 Å². The molecule has 1 aliphatic rings. The molecule has 136 valence electrons. The number of halogens is 1. The Morgan fingerprint density at radius 3 is 2.75 bits per heavy atom. The summed E-state index contributed by atoms with van der Waals surface area (Å²) in [6.07, 6.45) is 1.63. The molecule has 2 rings (SSSR count). The number of aliphatic hydroxyl groups is 1. The number of nitrogens with zero attached hydrogens (tertiary/aromatic N) is 1. The zero-order chi connectivity index (χ0) is 17.6. The van der Waals surface area contributed by atoms with Crippen molar-refractivity contribution in [2.75, 3.05) is 26.3 Å². The van der Waals surface area contributed by atoms with Crippen molar-refractivity contribution in [1.29, 1.82) is 0 Å². The fraction of sp³-hybridized carbons (Fsp3) is 0.684. The van der Waals surface area contributed by atoms with Crippen molar-refractivity contribution in [2.24, 2.45) is 0 Å². The van der Waals surface area contributed by atoms with Gasteiger partial charge in [0.15, 0.2) is 0 Å². The molecule has 0 radical (unpaired) electrons. The van der Waals surface area contributed by atoms with Gasteiger partial charge in [-0.2, -0.15) is 0 Å². The summed E-state index contributed by atoms with van der Waals surface area (Å²) in [6.45, 7) is 8.52. The highest BCUT2D eigenvalue weighted by molar-refractivity contribution is 5.17. The van der Waals surface area contributed by atoms with Gasteiger partial charge in [0.25, 0.3) is 0 Å².